The summed E-state index contributed by atoms with van der Waals surface area (Å²) in [6.45, 7) is 5.83. The van der Waals surface area contributed by atoms with Crippen molar-refractivity contribution in [3.8, 4) is 5.69 Å². The van der Waals surface area contributed by atoms with Gasteiger partial charge in [-0.05, 0) is 50.6 Å². The Morgan fingerprint density at radius 3 is 2.65 bits per heavy atom. The number of carbonyl (C=O) groups is 1. The topological polar surface area (TPSA) is 59.8 Å². The van der Waals surface area contributed by atoms with Gasteiger partial charge in [-0.2, -0.15) is 0 Å². The fourth-order valence-electron chi connectivity index (χ4n) is 2.53. The van der Waals surface area contributed by atoms with E-state index in [2.05, 4.69) is 31.4 Å². The van der Waals surface area contributed by atoms with Gasteiger partial charge >= 0.3 is 0 Å². The number of thioether (sulfide) groups is 1. The van der Waals surface area contributed by atoms with E-state index in [0.29, 0.717) is 5.16 Å². The molecule has 134 valence electrons. The van der Waals surface area contributed by atoms with Crippen molar-refractivity contribution >= 4 is 39.3 Å². The van der Waals surface area contributed by atoms with Crippen LogP contribution in [0.15, 0.2) is 58.2 Å². The van der Waals surface area contributed by atoms with Crippen LogP contribution < -0.4 is 5.32 Å². The summed E-state index contributed by atoms with van der Waals surface area (Å²) in [5, 5.41) is 11.8. The third-order valence-electron chi connectivity index (χ3n) is 3.90. The van der Waals surface area contributed by atoms with E-state index in [4.69, 9.17) is 0 Å². The summed E-state index contributed by atoms with van der Waals surface area (Å²) < 4.78 is 2.91. The molecule has 0 aliphatic heterocycles. The lowest BCUT2D eigenvalue weighted by Crippen LogP contribution is -2.23. The second kappa shape index (κ2) is 8.05. The first kappa shape index (κ1) is 18.7. The number of carbonyl (C=O) groups excluding carboxylic acids is 1. The summed E-state index contributed by atoms with van der Waals surface area (Å²) in [6.07, 6.45) is 0. The molecule has 3 rings (SSSR count). The molecule has 26 heavy (non-hydrogen) atoms. The predicted octanol–water partition coefficient (Wildman–Crippen LogP) is 4.77. The highest BCUT2D eigenvalue weighted by Gasteiger charge is 2.20. The number of nitrogens with zero attached hydrogens (tertiary/aromatic N) is 3. The van der Waals surface area contributed by atoms with Gasteiger partial charge in [-0.3, -0.25) is 9.36 Å². The number of para-hydroxylation sites is 1. The van der Waals surface area contributed by atoms with Crippen molar-refractivity contribution in [2.75, 3.05) is 5.32 Å². The number of nitrogens with one attached hydrogen (secondary N) is 1. The molecule has 1 amide bonds. The summed E-state index contributed by atoms with van der Waals surface area (Å²) in [5.74, 6) is 0.714. The molecule has 1 N–H and O–H groups in total. The number of aromatic nitrogens is 3. The van der Waals surface area contributed by atoms with Gasteiger partial charge in [-0.15, -0.1) is 10.2 Å². The molecule has 2 aromatic carbocycles. The monoisotopic (exact) mass is 430 g/mol. The summed E-state index contributed by atoms with van der Waals surface area (Å²) >= 11 is 4.80. The molecule has 1 unspecified atom stereocenters. The van der Waals surface area contributed by atoms with Gasteiger partial charge in [0.15, 0.2) is 5.16 Å². The molecule has 1 aromatic heterocycles. The lowest BCUT2D eigenvalue weighted by atomic mass is 10.2. The van der Waals surface area contributed by atoms with Gasteiger partial charge in [0.05, 0.1) is 10.9 Å². The molecule has 5 nitrogen and oxygen atoms in total. The van der Waals surface area contributed by atoms with Crippen molar-refractivity contribution in [1.29, 1.82) is 0 Å². The minimum atomic E-state index is -0.319. The van der Waals surface area contributed by atoms with Crippen LogP contribution in [0.2, 0.25) is 0 Å². The SMILES string of the molecule is Cc1ccccc1-n1c(C)nnc1SC(C)C(=O)Nc1cccc(Br)c1. The lowest BCUT2D eigenvalue weighted by Gasteiger charge is -2.14. The normalized spacial score (nSPS) is 12.0. The summed E-state index contributed by atoms with van der Waals surface area (Å²) in [5.41, 5.74) is 2.91. The van der Waals surface area contributed by atoms with Gasteiger partial charge in [0.25, 0.3) is 0 Å². The summed E-state index contributed by atoms with van der Waals surface area (Å²) in [7, 11) is 0. The lowest BCUT2D eigenvalue weighted by molar-refractivity contribution is -0.115. The molecule has 0 fully saturated rings. The van der Waals surface area contributed by atoms with Gasteiger partial charge in [-0.25, -0.2) is 0 Å². The van der Waals surface area contributed by atoms with E-state index in [1.165, 1.54) is 11.8 Å². The number of amides is 1. The first-order valence-electron chi connectivity index (χ1n) is 8.17. The van der Waals surface area contributed by atoms with E-state index in [0.717, 1.165) is 27.2 Å². The van der Waals surface area contributed by atoms with Crippen molar-refractivity contribution < 1.29 is 4.79 Å². The molecule has 1 atom stereocenters. The number of rotatable bonds is 5. The Balaban J connectivity index is 1.79. The Labute approximate surface area is 165 Å². The van der Waals surface area contributed by atoms with Crippen LogP contribution in [0.3, 0.4) is 0 Å². The number of anilines is 1. The highest BCUT2D eigenvalue weighted by atomic mass is 79.9. The van der Waals surface area contributed by atoms with Crippen LogP contribution in [-0.2, 0) is 4.79 Å². The van der Waals surface area contributed by atoms with E-state index < -0.39 is 0 Å². The Hall–Kier alpha value is -2.12. The van der Waals surface area contributed by atoms with Crippen LogP contribution in [0.5, 0.6) is 0 Å². The molecule has 0 saturated carbocycles. The minimum Gasteiger partial charge on any atom is -0.325 e. The van der Waals surface area contributed by atoms with Crippen LogP contribution in [-0.4, -0.2) is 25.9 Å². The number of aryl methyl sites for hydroxylation is 2. The molecule has 0 spiro atoms. The number of hydrogen-bond acceptors (Lipinski definition) is 4. The van der Waals surface area contributed by atoms with Gasteiger partial charge in [0.2, 0.25) is 5.91 Å². The summed E-state index contributed by atoms with van der Waals surface area (Å²) in [4.78, 5) is 12.5. The highest BCUT2D eigenvalue weighted by molar-refractivity contribution is 9.10. The maximum atomic E-state index is 12.5. The van der Waals surface area contributed by atoms with Crippen molar-refractivity contribution in [2.45, 2.75) is 31.2 Å². The van der Waals surface area contributed by atoms with Crippen LogP contribution in [0.1, 0.15) is 18.3 Å². The maximum Gasteiger partial charge on any atom is 0.237 e. The van der Waals surface area contributed by atoms with Crippen LogP contribution in [0.4, 0.5) is 5.69 Å². The quantitative estimate of drug-likeness (QED) is 0.592. The molecule has 7 heteroatoms. The molecule has 0 radical (unpaired) electrons. The van der Waals surface area contributed by atoms with Crippen molar-refractivity contribution in [3.63, 3.8) is 0 Å². The molecular formula is C19H19BrN4OS. The fraction of sp³-hybridized carbons (Fsp3) is 0.211. The van der Waals surface area contributed by atoms with Gasteiger partial charge in [-0.1, -0.05) is 52.0 Å². The van der Waals surface area contributed by atoms with Crippen LogP contribution in [0, 0.1) is 13.8 Å². The van der Waals surface area contributed by atoms with Crippen molar-refractivity contribution in [2.24, 2.45) is 0 Å². The zero-order valence-electron chi connectivity index (χ0n) is 14.7. The fourth-order valence-corrected chi connectivity index (χ4v) is 3.84. The molecular weight excluding hydrogens is 412 g/mol. The van der Waals surface area contributed by atoms with E-state index in [1.807, 2.05) is 73.9 Å². The predicted molar refractivity (Wildman–Crippen MR) is 109 cm³/mol. The number of halogens is 1. The zero-order chi connectivity index (χ0) is 18.7. The first-order chi connectivity index (χ1) is 12.5. The smallest absolute Gasteiger partial charge is 0.237 e. The molecule has 1 heterocycles. The standard InChI is InChI=1S/C19H19BrN4OS/c1-12-7-4-5-10-17(12)24-14(3)22-23-19(24)26-13(2)18(25)21-16-9-6-8-15(20)11-16/h4-11,13H,1-3H3,(H,21,25). The first-order valence-corrected chi connectivity index (χ1v) is 9.84. The minimum absolute atomic E-state index is 0.0786. The van der Waals surface area contributed by atoms with Gasteiger partial charge in [0.1, 0.15) is 5.82 Å². The second-order valence-corrected chi connectivity index (χ2v) is 8.13. The molecule has 3 aromatic rings. The summed E-state index contributed by atoms with van der Waals surface area (Å²) in [6, 6.07) is 15.6. The average Bonchev–Trinajstić information content (AvgIpc) is 2.95. The van der Waals surface area contributed by atoms with Crippen molar-refractivity contribution in [3.05, 3.63) is 64.4 Å². The second-order valence-electron chi connectivity index (χ2n) is 5.91. The maximum absolute atomic E-state index is 12.5. The van der Waals surface area contributed by atoms with E-state index in [1.54, 1.807) is 0 Å². The zero-order valence-corrected chi connectivity index (χ0v) is 17.1. The number of benzene rings is 2. The van der Waals surface area contributed by atoms with Crippen LogP contribution >= 0.6 is 27.7 Å². The number of hydrogen-bond donors (Lipinski definition) is 1. The Morgan fingerprint density at radius 2 is 1.92 bits per heavy atom. The van der Waals surface area contributed by atoms with Crippen LogP contribution in [0.25, 0.3) is 5.69 Å². The average molecular weight is 431 g/mol. The molecule has 0 aliphatic carbocycles. The third kappa shape index (κ3) is 4.16. The largest absolute Gasteiger partial charge is 0.325 e. The van der Waals surface area contributed by atoms with Crippen molar-refractivity contribution in [1.82, 2.24) is 14.8 Å². The highest BCUT2D eigenvalue weighted by Crippen LogP contribution is 2.27. The van der Waals surface area contributed by atoms with Gasteiger partial charge in [0, 0.05) is 10.2 Å². The molecule has 0 aliphatic rings. The third-order valence-corrected chi connectivity index (χ3v) is 5.43. The molecule has 0 saturated heterocycles. The Kier molecular flexibility index (Phi) is 5.78. The Bertz CT molecular complexity index is 941. The van der Waals surface area contributed by atoms with Gasteiger partial charge < -0.3 is 5.32 Å². The van der Waals surface area contributed by atoms with E-state index in [9.17, 15) is 4.79 Å². The van der Waals surface area contributed by atoms with E-state index >= 15 is 0 Å². The Morgan fingerprint density at radius 1 is 1.15 bits per heavy atom. The molecule has 0 bridgehead atoms. The van der Waals surface area contributed by atoms with E-state index in [-0.39, 0.29) is 11.2 Å².